The van der Waals surface area contributed by atoms with Crippen molar-refractivity contribution in [2.45, 2.75) is 6.92 Å². The van der Waals surface area contributed by atoms with Gasteiger partial charge >= 0.3 is 0 Å². The average Bonchev–Trinajstić information content (AvgIpc) is 2.53. The molecule has 0 atom stereocenters. The number of carbonyl (C=O) groups is 1. The van der Waals surface area contributed by atoms with Gasteiger partial charge in [0.2, 0.25) is 5.43 Å². The highest BCUT2D eigenvalue weighted by Crippen LogP contribution is 2.28. The van der Waals surface area contributed by atoms with E-state index < -0.39 is 11.2 Å². The maximum absolute atomic E-state index is 12.7. The number of hydrogen-bond donors (Lipinski definition) is 4. The Morgan fingerprint density at radius 1 is 1.16 bits per heavy atom. The van der Waals surface area contributed by atoms with Crippen molar-refractivity contribution in [3.05, 3.63) is 62.2 Å². The first-order valence-electron chi connectivity index (χ1n) is 7.24. The van der Waals surface area contributed by atoms with E-state index in [2.05, 4.69) is 10.3 Å². The predicted octanol–water partition coefficient (Wildman–Crippen LogP) is 4.58. The molecule has 0 amide bonds. The lowest BCUT2D eigenvalue weighted by molar-refractivity contribution is 0.101. The highest BCUT2D eigenvalue weighted by molar-refractivity contribution is 6.35. The average molecular weight is 378 g/mol. The number of Topliss-reactive ketones (excluding diaryl/α,β-unsaturated/α-hetero) is 1. The monoisotopic (exact) mass is 377 g/mol. The van der Waals surface area contributed by atoms with Crippen LogP contribution in [0.2, 0.25) is 10.0 Å². The van der Waals surface area contributed by atoms with Crippen molar-refractivity contribution in [2.75, 3.05) is 10.8 Å². The van der Waals surface area contributed by atoms with Crippen LogP contribution in [0.3, 0.4) is 0 Å². The van der Waals surface area contributed by atoms with E-state index in [1.54, 1.807) is 36.4 Å². The van der Waals surface area contributed by atoms with Gasteiger partial charge in [0.05, 0.1) is 11.2 Å². The standard InChI is InChI=1S/C17H13Cl2N3O3/c1-8(23)14-16(24)12-3-2-4-13(22-25)15(12)21-17(14)20-11-6-9(18)5-10(19)7-11/h2-7,22,25H,1H3,(H2,20,21,24). The summed E-state index contributed by atoms with van der Waals surface area (Å²) >= 11 is 12.0. The second kappa shape index (κ2) is 6.76. The van der Waals surface area contributed by atoms with Crippen LogP contribution in [0.25, 0.3) is 10.9 Å². The van der Waals surface area contributed by atoms with Crippen molar-refractivity contribution in [3.63, 3.8) is 0 Å². The molecule has 1 heterocycles. The minimum atomic E-state index is -0.450. The van der Waals surface area contributed by atoms with E-state index >= 15 is 0 Å². The van der Waals surface area contributed by atoms with Crippen LogP contribution in [0.4, 0.5) is 17.2 Å². The quantitative estimate of drug-likeness (QED) is 0.394. The summed E-state index contributed by atoms with van der Waals surface area (Å²) in [6, 6.07) is 9.54. The van der Waals surface area contributed by atoms with Gasteiger partial charge in [0.1, 0.15) is 11.4 Å². The van der Waals surface area contributed by atoms with Gasteiger partial charge in [-0.15, -0.1) is 0 Å². The van der Waals surface area contributed by atoms with Gasteiger partial charge in [0.15, 0.2) is 5.78 Å². The van der Waals surface area contributed by atoms with Gasteiger partial charge < -0.3 is 10.3 Å². The third kappa shape index (κ3) is 3.32. The summed E-state index contributed by atoms with van der Waals surface area (Å²) in [5.74, 6) is -0.216. The van der Waals surface area contributed by atoms with E-state index in [4.69, 9.17) is 23.2 Å². The number of fused-ring (bicyclic) bond motifs is 1. The number of pyridine rings is 1. The first-order chi connectivity index (χ1) is 11.9. The van der Waals surface area contributed by atoms with Crippen LogP contribution in [0.15, 0.2) is 41.2 Å². The maximum atomic E-state index is 12.7. The third-order valence-corrected chi connectivity index (χ3v) is 4.08. The van der Waals surface area contributed by atoms with Gasteiger partial charge in [0, 0.05) is 21.1 Å². The molecule has 3 aromatic rings. The molecule has 0 bridgehead atoms. The summed E-state index contributed by atoms with van der Waals surface area (Å²) in [5, 5.41) is 13.3. The van der Waals surface area contributed by atoms with Crippen molar-refractivity contribution in [1.29, 1.82) is 0 Å². The van der Waals surface area contributed by atoms with E-state index in [1.807, 2.05) is 5.48 Å². The molecule has 0 aliphatic rings. The van der Waals surface area contributed by atoms with Crippen LogP contribution < -0.4 is 16.2 Å². The maximum Gasteiger partial charge on any atom is 0.202 e. The van der Waals surface area contributed by atoms with Crippen LogP contribution in [-0.2, 0) is 0 Å². The second-order valence-corrected chi connectivity index (χ2v) is 6.26. The predicted molar refractivity (Wildman–Crippen MR) is 99.7 cm³/mol. The van der Waals surface area contributed by atoms with E-state index in [0.717, 1.165) is 0 Å². The topological polar surface area (TPSA) is 94.2 Å². The molecule has 1 aromatic heterocycles. The number of anilines is 3. The number of hydrogen-bond acceptors (Lipinski definition) is 5. The highest BCUT2D eigenvalue weighted by atomic mass is 35.5. The zero-order chi connectivity index (χ0) is 18.1. The Labute approximate surface area is 152 Å². The summed E-state index contributed by atoms with van der Waals surface area (Å²) < 4.78 is 0. The fraction of sp³-hybridized carbons (Fsp3) is 0.0588. The van der Waals surface area contributed by atoms with Gasteiger partial charge in [-0.2, -0.15) is 0 Å². The Bertz CT molecular complexity index is 1030. The molecule has 0 saturated heterocycles. The van der Waals surface area contributed by atoms with Gasteiger partial charge in [-0.1, -0.05) is 29.3 Å². The molecule has 0 aliphatic heterocycles. The Kier molecular flexibility index (Phi) is 4.67. The van der Waals surface area contributed by atoms with Crippen LogP contribution in [-0.4, -0.2) is 16.0 Å². The molecule has 2 aromatic carbocycles. The Hall–Kier alpha value is -2.54. The van der Waals surface area contributed by atoms with E-state index in [0.29, 0.717) is 26.9 Å². The summed E-state index contributed by atoms with van der Waals surface area (Å²) in [7, 11) is 0. The number of benzene rings is 2. The van der Waals surface area contributed by atoms with E-state index in [9.17, 15) is 14.8 Å². The number of halogens is 2. The van der Waals surface area contributed by atoms with Crippen LogP contribution in [0.5, 0.6) is 0 Å². The molecule has 0 saturated carbocycles. The number of ketones is 1. The first-order valence-corrected chi connectivity index (χ1v) is 7.99. The number of aromatic nitrogens is 1. The van der Waals surface area contributed by atoms with Crippen LogP contribution >= 0.6 is 23.2 Å². The molecule has 0 aliphatic carbocycles. The number of H-pyrrole nitrogens is 1. The molecule has 0 spiro atoms. The molecule has 0 unspecified atom stereocenters. The van der Waals surface area contributed by atoms with Crippen molar-refractivity contribution in [2.24, 2.45) is 0 Å². The third-order valence-electron chi connectivity index (χ3n) is 3.64. The Balaban J connectivity index is 2.27. The molecule has 6 nitrogen and oxygen atoms in total. The summed E-state index contributed by atoms with van der Waals surface area (Å²) in [6.07, 6.45) is 0. The molecule has 25 heavy (non-hydrogen) atoms. The fourth-order valence-electron chi connectivity index (χ4n) is 2.61. The van der Waals surface area contributed by atoms with Crippen LogP contribution in [0.1, 0.15) is 17.3 Å². The number of rotatable bonds is 4. The van der Waals surface area contributed by atoms with Gasteiger partial charge in [0.25, 0.3) is 0 Å². The van der Waals surface area contributed by atoms with Crippen molar-refractivity contribution in [1.82, 2.24) is 4.98 Å². The van der Waals surface area contributed by atoms with Crippen molar-refractivity contribution < 1.29 is 10.0 Å². The number of para-hydroxylation sites is 1. The van der Waals surface area contributed by atoms with Gasteiger partial charge in [-0.25, -0.2) is 0 Å². The molecule has 0 radical (unpaired) electrons. The van der Waals surface area contributed by atoms with E-state index in [-0.39, 0.29) is 16.8 Å². The summed E-state index contributed by atoms with van der Waals surface area (Å²) in [6.45, 7) is 1.31. The Morgan fingerprint density at radius 3 is 2.44 bits per heavy atom. The Morgan fingerprint density at radius 2 is 1.84 bits per heavy atom. The lowest BCUT2D eigenvalue weighted by Crippen LogP contribution is -2.18. The molecule has 0 fully saturated rings. The molecule has 8 heteroatoms. The fourth-order valence-corrected chi connectivity index (χ4v) is 3.13. The largest absolute Gasteiger partial charge is 0.341 e. The molecule has 3 rings (SSSR count). The molecular formula is C17H13Cl2N3O3. The minimum Gasteiger partial charge on any atom is -0.341 e. The van der Waals surface area contributed by atoms with Gasteiger partial charge in [-0.05, 0) is 37.3 Å². The molecular weight excluding hydrogens is 365 g/mol. The lowest BCUT2D eigenvalue weighted by Gasteiger charge is -2.14. The SMILES string of the molecule is CC(=O)c1c(Nc2cc(Cl)cc(Cl)c2)[nH]c2c(NO)cccc2c1=O. The second-order valence-electron chi connectivity index (χ2n) is 5.38. The van der Waals surface area contributed by atoms with E-state index in [1.165, 1.54) is 6.92 Å². The van der Waals surface area contributed by atoms with Crippen molar-refractivity contribution >= 4 is 57.1 Å². The zero-order valence-electron chi connectivity index (χ0n) is 13.0. The number of nitrogens with one attached hydrogen (secondary N) is 3. The van der Waals surface area contributed by atoms with Gasteiger partial charge in [-0.3, -0.25) is 20.3 Å². The molecule has 128 valence electrons. The number of aromatic amines is 1. The smallest absolute Gasteiger partial charge is 0.202 e. The van der Waals surface area contributed by atoms with Crippen molar-refractivity contribution in [3.8, 4) is 0 Å². The molecule has 4 N–H and O–H groups in total. The summed E-state index contributed by atoms with van der Waals surface area (Å²) in [5.41, 5.74) is 2.71. The first kappa shape index (κ1) is 17.3. The highest BCUT2D eigenvalue weighted by Gasteiger charge is 2.18. The van der Waals surface area contributed by atoms with Crippen LogP contribution in [0, 0.1) is 0 Å². The summed E-state index contributed by atoms with van der Waals surface area (Å²) in [4.78, 5) is 27.8. The lowest BCUT2D eigenvalue weighted by atomic mass is 10.1. The minimum absolute atomic E-state index is 0.0290. The normalized spacial score (nSPS) is 10.7. The zero-order valence-corrected chi connectivity index (χ0v) is 14.5. The number of carbonyl (C=O) groups excluding carboxylic acids is 1.